The van der Waals surface area contributed by atoms with Gasteiger partial charge in [-0.25, -0.2) is 0 Å². The zero-order valence-electron chi connectivity index (χ0n) is 18.1. The van der Waals surface area contributed by atoms with E-state index in [0.29, 0.717) is 5.41 Å². The van der Waals surface area contributed by atoms with Crippen molar-refractivity contribution in [2.24, 2.45) is 52.8 Å². The maximum Gasteiger partial charge on any atom is -0.0266 e. The van der Waals surface area contributed by atoms with Gasteiger partial charge in [0.05, 0.1) is 0 Å². The Morgan fingerprint density at radius 3 is 1.42 bits per heavy atom. The maximum absolute atomic E-state index is 2.71. The summed E-state index contributed by atoms with van der Waals surface area (Å²) in [6.07, 6.45) is 10.3. The SMILES string of the molecule is CCC(C)(C1CC(C)CCC1C(C)C)C1CC(C)CCC1C(C)C. The molecule has 142 valence electrons. The molecule has 6 unspecified atom stereocenters. The molecule has 0 radical (unpaired) electrons. The van der Waals surface area contributed by atoms with Gasteiger partial charge < -0.3 is 0 Å². The van der Waals surface area contributed by atoms with Crippen LogP contribution in [0.2, 0.25) is 0 Å². The van der Waals surface area contributed by atoms with Crippen LogP contribution in [0.5, 0.6) is 0 Å². The molecule has 24 heavy (non-hydrogen) atoms. The van der Waals surface area contributed by atoms with Crippen molar-refractivity contribution >= 4 is 0 Å². The molecule has 2 aliphatic rings. The van der Waals surface area contributed by atoms with Crippen LogP contribution in [0.25, 0.3) is 0 Å². The molecule has 0 aromatic rings. The lowest BCUT2D eigenvalue weighted by molar-refractivity contribution is -0.0640. The fourth-order valence-electron chi connectivity index (χ4n) is 6.72. The second-order valence-electron chi connectivity index (χ2n) is 10.7. The Morgan fingerprint density at radius 1 is 0.750 bits per heavy atom. The molecule has 2 fully saturated rings. The van der Waals surface area contributed by atoms with E-state index in [9.17, 15) is 0 Å². The minimum absolute atomic E-state index is 0.549. The van der Waals surface area contributed by atoms with E-state index < -0.39 is 0 Å². The van der Waals surface area contributed by atoms with Gasteiger partial charge in [0.25, 0.3) is 0 Å². The normalized spacial score (nSPS) is 40.8. The van der Waals surface area contributed by atoms with Crippen molar-refractivity contribution in [2.45, 2.75) is 100 Å². The highest BCUT2D eigenvalue weighted by Crippen LogP contribution is 2.57. The average Bonchev–Trinajstić information content (AvgIpc) is 2.53. The molecule has 0 nitrogen and oxygen atoms in total. The van der Waals surface area contributed by atoms with Gasteiger partial charge in [-0.05, 0) is 78.4 Å². The van der Waals surface area contributed by atoms with Gasteiger partial charge in [-0.3, -0.25) is 0 Å². The molecule has 0 heteroatoms. The molecule has 0 N–H and O–H groups in total. The minimum Gasteiger partial charge on any atom is -0.0648 e. The summed E-state index contributed by atoms with van der Waals surface area (Å²) in [7, 11) is 0. The number of rotatable bonds is 5. The summed E-state index contributed by atoms with van der Waals surface area (Å²) in [5.41, 5.74) is 0.549. The Morgan fingerprint density at radius 2 is 1.12 bits per heavy atom. The predicted octanol–water partition coefficient (Wildman–Crippen LogP) is 7.82. The quantitative estimate of drug-likeness (QED) is 0.480. The van der Waals surface area contributed by atoms with Gasteiger partial charge in [-0.1, -0.05) is 74.7 Å². The molecule has 0 amide bonds. The molecule has 0 aromatic heterocycles. The van der Waals surface area contributed by atoms with Crippen molar-refractivity contribution in [3.63, 3.8) is 0 Å². The Balaban J connectivity index is 2.35. The topological polar surface area (TPSA) is 0 Å². The van der Waals surface area contributed by atoms with E-state index >= 15 is 0 Å². The third-order valence-corrected chi connectivity index (χ3v) is 8.50. The molecule has 2 rings (SSSR count). The monoisotopic (exact) mass is 334 g/mol. The van der Waals surface area contributed by atoms with Crippen LogP contribution in [0.3, 0.4) is 0 Å². The largest absolute Gasteiger partial charge is 0.0648 e. The summed E-state index contributed by atoms with van der Waals surface area (Å²) in [5, 5.41) is 0. The van der Waals surface area contributed by atoms with Crippen molar-refractivity contribution in [1.29, 1.82) is 0 Å². The Kier molecular flexibility index (Phi) is 6.88. The van der Waals surface area contributed by atoms with Gasteiger partial charge in [0.1, 0.15) is 0 Å². The van der Waals surface area contributed by atoms with Crippen LogP contribution >= 0.6 is 0 Å². The molecule has 0 aliphatic heterocycles. The molecule has 0 bridgehead atoms. The molecule has 0 saturated heterocycles. The molecular formula is C24H46. The molecule has 0 spiro atoms. The second-order valence-corrected chi connectivity index (χ2v) is 10.7. The lowest BCUT2D eigenvalue weighted by atomic mass is 9.50. The van der Waals surface area contributed by atoms with Crippen molar-refractivity contribution in [3.8, 4) is 0 Å². The highest BCUT2D eigenvalue weighted by atomic mass is 14.5. The lowest BCUT2D eigenvalue weighted by Gasteiger charge is -2.55. The Hall–Kier alpha value is 0. The van der Waals surface area contributed by atoms with Crippen LogP contribution < -0.4 is 0 Å². The standard InChI is InChI=1S/C24H46/c1-9-24(8,22-14-18(6)10-12-20(22)16(2)3)23-15-19(7)11-13-21(23)17(4)5/h16-23H,9-15H2,1-8H3. The first-order chi connectivity index (χ1) is 11.2. The molecule has 0 aromatic carbocycles. The fourth-order valence-corrected chi connectivity index (χ4v) is 6.72. The third-order valence-electron chi connectivity index (χ3n) is 8.50. The van der Waals surface area contributed by atoms with E-state index in [1.807, 2.05) is 0 Å². The zero-order valence-corrected chi connectivity index (χ0v) is 18.1. The molecule has 0 heterocycles. The average molecular weight is 335 g/mol. The van der Waals surface area contributed by atoms with E-state index in [1.165, 1.54) is 44.9 Å². The van der Waals surface area contributed by atoms with Gasteiger partial charge in [0.2, 0.25) is 0 Å². The van der Waals surface area contributed by atoms with Crippen LogP contribution in [0.4, 0.5) is 0 Å². The number of hydrogen-bond acceptors (Lipinski definition) is 0. The van der Waals surface area contributed by atoms with Gasteiger partial charge in [0.15, 0.2) is 0 Å². The second kappa shape index (κ2) is 8.13. The Bertz CT molecular complexity index is 347. The first kappa shape index (κ1) is 20.3. The summed E-state index contributed by atoms with van der Waals surface area (Å²) >= 11 is 0. The highest BCUT2D eigenvalue weighted by Gasteiger charge is 2.49. The van der Waals surface area contributed by atoms with E-state index in [1.54, 1.807) is 0 Å². The van der Waals surface area contributed by atoms with Crippen molar-refractivity contribution < 1.29 is 0 Å². The summed E-state index contributed by atoms with van der Waals surface area (Å²) in [5.74, 6) is 7.39. The summed E-state index contributed by atoms with van der Waals surface area (Å²) in [4.78, 5) is 0. The van der Waals surface area contributed by atoms with E-state index in [0.717, 1.165) is 47.3 Å². The van der Waals surface area contributed by atoms with Crippen molar-refractivity contribution in [3.05, 3.63) is 0 Å². The highest BCUT2D eigenvalue weighted by molar-refractivity contribution is 4.98. The Labute approximate surface area is 153 Å². The van der Waals surface area contributed by atoms with Gasteiger partial charge in [0, 0.05) is 0 Å². The summed E-state index contributed by atoms with van der Waals surface area (Å²) in [6.45, 7) is 20.2. The fraction of sp³-hybridized carbons (Fsp3) is 1.00. The minimum atomic E-state index is 0.549. The van der Waals surface area contributed by atoms with Gasteiger partial charge in [-0.2, -0.15) is 0 Å². The third kappa shape index (κ3) is 4.04. The van der Waals surface area contributed by atoms with Crippen LogP contribution in [0.1, 0.15) is 100 Å². The number of hydrogen-bond donors (Lipinski definition) is 0. The molecule has 6 atom stereocenters. The van der Waals surface area contributed by atoms with E-state index in [4.69, 9.17) is 0 Å². The first-order valence-electron chi connectivity index (χ1n) is 11.2. The van der Waals surface area contributed by atoms with Crippen LogP contribution in [-0.2, 0) is 0 Å². The van der Waals surface area contributed by atoms with Crippen molar-refractivity contribution in [1.82, 2.24) is 0 Å². The van der Waals surface area contributed by atoms with Gasteiger partial charge in [-0.15, -0.1) is 0 Å². The summed E-state index contributed by atoms with van der Waals surface area (Å²) < 4.78 is 0. The molecular weight excluding hydrogens is 288 g/mol. The summed E-state index contributed by atoms with van der Waals surface area (Å²) in [6, 6.07) is 0. The lowest BCUT2D eigenvalue weighted by Crippen LogP contribution is -2.48. The van der Waals surface area contributed by atoms with Crippen LogP contribution in [0.15, 0.2) is 0 Å². The van der Waals surface area contributed by atoms with Crippen LogP contribution in [-0.4, -0.2) is 0 Å². The maximum atomic E-state index is 2.71. The first-order valence-corrected chi connectivity index (χ1v) is 11.2. The van der Waals surface area contributed by atoms with Crippen molar-refractivity contribution in [2.75, 3.05) is 0 Å². The van der Waals surface area contributed by atoms with Gasteiger partial charge >= 0.3 is 0 Å². The van der Waals surface area contributed by atoms with E-state index in [-0.39, 0.29) is 0 Å². The van der Waals surface area contributed by atoms with Crippen LogP contribution in [0, 0.1) is 52.8 Å². The smallest absolute Gasteiger partial charge is 0.0266 e. The zero-order chi connectivity index (χ0) is 18.1. The van der Waals surface area contributed by atoms with E-state index in [2.05, 4.69) is 55.4 Å². The predicted molar refractivity (Wildman–Crippen MR) is 108 cm³/mol. The molecule has 2 aliphatic carbocycles. The molecule has 2 saturated carbocycles.